The molecule has 0 N–H and O–H groups in total. The largest absolute Gasteiger partial charge is 0.433 e. The maximum Gasteiger partial charge on any atom is 0.433 e. The molecule has 1 aromatic carbocycles. The third kappa shape index (κ3) is 4.14. The van der Waals surface area contributed by atoms with E-state index in [0.717, 1.165) is 38.0 Å². The Morgan fingerprint density at radius 2 is 1.81 bits per heavy atom. The van der Waals surface area contributed by atoms with Crippen LogP contribution in [-0.4, -0.2) is 41.2 Å². The van der Waals surface area contributed by atoms with Crippen molar-refractivity contribution in [2.24, 2.45) is 0 Å². The molecule has 2 heterocycles. The van der Waals surface area contributed by atoms with Gasteiger partial charge in [-0.05, 0) is 37.3 Å². The van der Waals surface area contributed by atoms with E-state index < -0.39 is 11.9 Å². The van der Waals surface area contributed by atoms with E-state index >= 15 is 0 Å². The molecule has 0 amide bonds. The van der Waals surface area contributed by atoms with Crippen LogP contribution in [0.5, 0.6) is 0 Å². The van der Waals surface area contributed by atoms with E-state index in [1.807, 2.05) is 18.2 Å². The van der Waals surface area contributed by atoms with Crippen LogP contribution >= 0.6 is 0 Å². The molecule has 0 bridgehead atoms. The van der Waals surface area contributed by atoms with E-state index in [4.69, 9.17) is 4.74 Å². The number of benzene rings is 1. The molecule has 144 valence electrons. The second kappa shape index (κ2) is 7.56. The van der Waals surface area contributed by atoms with E-state index in [0.29, 0.717) is 37.3 Å². The zero-order chi connectivity index (χ0) is 18.9. The van der Waals surface area contributed by atoms with Gasteiger partial charge < -0.3 is 4.74 Å². The molecule has 27 heavy (non-hydrogen) atoms. The molecule has 0 radical (unpaired) electrons. The number of halogens is 3. The highest BCUT2D eigenvalue weighted by molar-refractivity contribution is 5.57. The Bertz CT molecular complexity index is 817. The molecule has 0 atom stereocenters. The highest BCUT2D eigenvalue weighted by atomic mass is 19.4. The Kier molecular flexibility index (Phi) is 5.14. The Morgan fingerprint density at radius 1 is 1.04 bits per heavy atom. The van der Waals surface area contributed by atoms with Crippen LogP contribution in [0.1, 0.15) is 35.4 Å². The summed E-state index contributed by atoms with van der Waals surface area (Å²) >= 11 is 0. The lowest BCUT2D eigenvalue weighted by Gasteiger charge is -2.26. The predicted molar refractivity (Wildman–Crippen MR) is 95.2 cm³/mol. The van der Waals surface area contributed by atoms with Crippen molar-refractivity contribution in [2.45, 2.75) is 38.4 Å². The van der Waals surface area contributed by atoms with Gasteiger partial charge in [-0.2, -0.15) is 13.2 Å². The van der Waals surface area contributed by atoms with E-state index in [9.17, 15) is 13.2 Å². The maximum atomic E-state index is 13.6. The zero-order valence-electron chi connectivity index (χ0n) is 15.1. The Labute approximate surface area is 156 Å². The Morgan fingerprint density at radius 3 is 2.59 bits per heavy atom. The second-order valence-corrected chi connectivity index (χ2v) is 7.11. The van der Waals surface area contributed by atoms with Crippen molar-refractivity contribution in [3.8, 4) is 11.4 Å². The summed E-state index contributed by atoms with van der Waals surface area (Å²) in [7, 11) is 0. The van der Waals surface area contributed by atoms with Gasteiger partial charge in [0.25, 0.3) is 0 Å². The molecule has 1 aromatic heterocycles. The third-order valence-corrected chi connectivity index (χ3v) is 5.15. The summed E-state index contributed by atoms with van der Waals surface area (Å²) in [4.78, 5) is 10.7. The van der Waals surface area contributed by atoms with Crippen LogP contribution in [0.4, 0.5) is 13.2 Å². The fourth-order valence-corrected chi connectivity index (χ4v) is 3.78. The highest BCUT2D eigenvalue weighted by Gasteiger charge is 2.38. The molecular weight excluding hydrogens is 355 g/mol. The van der Waals surface area contributed by atoms with Crippen LogP contribution in [0.3, 0.4) is 0 Å². The number of hydrogen-bond acceptors (Lipinski definition) is 4. The number of alkyl halides is 3. The fourth-order valence-electron chi connectivity index (χ4n) is 3.78. The van der Waals surface area contributed by atoms with Crippen LogP contribution in [-0.2, 0) is 30.3 Å². The van der Waals surface area contributed by atoms with Crippen LogP contribution in [0, 0.1) is 0 Å². The van der Waals surface area contributed by atoms with E-state index in [1.54, 1.807) is 6.07 Å². The molecule has 0 unspecified atom stereocenters. The molecule has 1 aliphatic carbocycles. The van der Waals surface area contributed by atoms with Crippen molar-refractivity contribution in [2.75, 3.05) is 26.3 Å². The third-order valence-electron chi connectivity index (χ3n) is 5.15. The standard InChI is InChI=1S/C20H22F3N3O/c21-20(22,23)18-16-6-1-2-7-17(16)24-19(25-18)15-5-3-4-14(12-15)13-26-8-10-27-11-9-26/h3-5,12H,1-2,6-11,13H2. The number of aromatic nitrogens is 2. The smallest absolute Gasteiger partial charge is 0.379 e. The van der Waals surface area contributed by atoms with Gasteiger partial charge in [0.05, 0.1) is 13.2 Å². The topological polar surface area (TPSA) is 38.2 Å². The molecule has 0 saturated carbocycles. The number of nitrogens with zero attached hydrogens (tertiary/aromatic N) is 3. The number of rotatable bonds is 3. The van der Waals surface area contributed by atoms with E-state index in [2.05, 4.69) is 14.9 Å². The van der Waals surface area contributed by atoms with Crippen LogP contribution < -0.4 is 0 Å². The van der Waals surface area contributed by atoms with E-state index in [-0.39, 0.29) is 11.4 Å². The number of aryl methyl sites for hydroxylation is 1. The Hall–Kier alpha value is -1.99. The summed E-state index contributed by atoms with van der Waals surface area (Å²) in [5.74, 6) is 0.173. The lowest BCUT2D eigenvalue weighted by molar-refractivity contribution is -0.142. The molecule has 0 spiro atoms. The van der Waals surface area contributed by atoms with E-state index in [1.165, 1.54) is 0 Å². The maximum absolute atomic E-state index is 13.6. The quantitative estimate of drug-likeness (QED) is 0.814. The predicted octanol–water partition coefficient (Wildman–Crippen LogP) is 3.87. The van der Waals surface area contributed by atoms with Gasteiger partial charge >= 0.3 is 6.18 Å². The molecular formula is C20H22F3N3O. The summed E-state index contributed by atoms with van der Waals surface area (Å²) in [6.07, 6.45) is -1.83. The molecule has 1 saturated heterocycles. The molecule has 7 heteroatoms. The lowest BCUT2D eigenvalue weighted by Crippen LogP contribution is -2.35. The van der Waals surface area contributed by atoms with Crippen molar-refractivity contribution in [1.29, 1.82) is 0 Å². The van der Waals surface area contributed by atoms with Crippen molar-refractivity contribution in [3.05, 3.63) is 46.8 Å². The number of ether oxygens (including phenoxy) is 1. The van der Waals surface area contributed by atoms with Crippen molar-refractivity contribution >= 4 is 0 Å². The van der Waals surface area contributed by atoms with Gasteiger partial charge in [0.1, 0.15) is 0 Å². The number of hydrogen-bond donors (Lipinski definition) is 0. The summed E-state index contributed by atoms with van der Waals surface area (Å²) in [6.45, 7) is 3.88. The molecule has 1 fully saturated rings. The highest BCUT2D eigenvalue weighted by Crippen LogP contribution is 2.36. The average molecular weight is 377 g/mol. The molecule has 4 nitrogen and oxygen atoms in total. The number of morpholine rings is 1. The summed E-state index contributed by atoms with van der Waals surface area (Å²) in [6, 6.07) is 7.54. The average Bonchev–Trinajstić information content (AvgIpc) is 2.67. The zero-order valence-corrected chi connectivity index (χ0v) is 15.1. The summed E-state index contributed by atoms with van der Waals surface area (Å²) < 4.78 is 46.0. The van der Waals surface area contributed by atoms with Crippen molar-refractivity contribution < 1.29 is 17.9 Å². The SMILES string of the molecule is FC(F)(F)c1nc(-c2cccc(CN3CCOCC3)c2)nc2c1CCCC2. The lowest BCUT2D eigenvalue weighted by atomic mass is 9.94. The minimum absolute atomic E-state index is 0.173. The van der Waals surface area contributed by atoms with Gasteiger partial charge in [-0.15, -0.1) is 0 Å². The first kappa shape index (κ1) is 18.4. The van der Waals surface area contributed by atoms with Crippen molar-refractivity contribution in [3.63, 3.8) is 0 Å². The second-order valence-electron chi connectivity index (χ2n) is 7.11. The molecule has 2 aromatic rings. The Balaban J connectivity index is 1.67. The first-order valence-corrected chi connectivity index (χ1v) is 9.37. The monoisotopic (exact) mass is 377 g/mol. The van der Waals surface area contributed by atoms with Gasteiger partial charge in [-0.25, -0.2) is 9.97 Å². The molecule has 4 rings (SSSR count). The summed E-state index contributed by atoms with van der Waals surface area (Å²) in [5, 5.41) is 0. The minimum Gasteiger partial charge on any atom is -0.379 e. The van der Waals surface area contributed by atoms with Gasteiger partial charge in [0.15, 0.2) is 11.5 Å². The first-order valence-electron chi connectivity index (χ1n) is 9.37. The van der Waals surface area contributed by atoms with Gasteiger partial charge in [-0.3, -0.25) is 4.90 Å². The van der Waals surface area contributed by atoms with Crippen LogP contribution in [0.25, 0.3) is 11.4 Å². The van der Waals surface area contributed by atoms with Gasteiger partial charge in [0.2, 0.25) is 0 Å². The molecule has 2 aliphatic rings. The molecule has 1 aliphatic heterocycles. The first-order chi connectivity index (χ1) is 13.0. The normalized spacial score (nSPS) is 18.3. The summed E-state index contributed by atoms with van der Waals surface area (Å²) in [5.41, 5.74) is 1.75. The van der Waals surface area contributed by atoms with Crippen molar-refractivity contribution in [1.82, 2.24) is 14.9 Å². The van der Waals surface area contributed by atoms with Gasteiger partial charge in [-0.1, -0.05) is 18.2 Å². The number of fused-ring (bicyclic) bond motifs is 1. The van der Waals surface area contributed by atoms with Crippen LogP contribution in [0.15, 0.2) is 24.3 Å². The van der Waals surface area contributed by atoms with Gasteiger partial charge in [0, 0.05) is 36.5 Å². The minimum atomic E-state index is -4.45. The van der Waals surface area contributed by atoms with Crippen LogP contribution in [0.2, 0.25) is 0 Å². The fraction of sp³-hybridized carbons (Fsp3) is 0.500.